The van der Waals surface area contributed by atoms with Crippen LogP contribution in [-0.4, -0.2) is 17.3 Å². The van der Waals surface area contributed by atoms with Gasteiger partial charge in [0.15, 0.2) is 0 Å². The highest BCUT2D eigenvalue weighted by Gasteiger charge is 2.40. The Labute approximate surface area is 102 Å². The molecule has 1 aromatic rings. The number of nitrogens with two attached hydrogens (primary N) is 1. The van der Waals surface area contributed by atoms with E-state index < -0.39 is 5.67 Å². The molecule has 0 amide bonds. The van der Waals surface area contributed by atoms with Crippen LogP contribution in [0.5, 0.6) is 5.75 Å². The average molecular weight is 237 g/mol. The van der Waals surface area contributed by atoms with Crippen molar-refractivity contribution >= 4 is 0 Å². The Morgan fingerprint density at radius 2 is 1.94 bits per heavy atom. The normalized spacial score (nSPS) is 33.6. The Morgan fingerprint density at radius 3 is 2.47 bits per heavy atom. The van der Waals surface area contributed by atoms with Crippen molar-refractivity contribution in [2.45, 2.75) is 43.7 Å². The van der Waals surface area contributed by atoms with Gasteiger partial charge in [0.25, 0.3) is 0 Å². The van der Waals surface area contributed by atoms with Crippen molar-refractivity contribution in [1.29, 1.82) is 0 Å². The molecular formula is C14H20FNO. The van der Waals surface area contributed by atoms with Crippen LogP contribution in [-0.2, 0) is 5.41 Å². The summed E-state index contributed by atoms with van der Waals surface area (Å²) >= 11 is 0. The maximum atomic E-state index is 13.9. The fourth-order valence-corrected chi connectivity index (χ4v) is 2.70. The average Bonchev–Trinajstić information content (AvgIpc) is 2.30. The van der Waals surface area contributed by atoms with Crippen molar-refractivity contribution in [3.8, 4) is 5.75 Å². The van der Waals surface area contributed by atoms with Crippen molar-refractivity contribution in [2.24, 2.45) is 5.73 Å². The molecule has 0 aromatic heterocycles. The Kier molecular flexibility index (Phi) is 3.13. The lowest BCUT2D eigenvalue weighted by atomic mass is 9.66. The summed E-state index contributed by atoms with van der Waals surface area (Å²) in [5.41, 5.74) is 5.72. The lowest BCUT2D eigenvalue weighted by Gasteiger charge is -2.41. The number of hydrogen-bond donors (Lipinski definition) is 2. The summed E-state index contributed by atoms with van der Waals surface area (Å²) in [6, 6.07) is 7.21. The summed E-state index contributed by atoms with van der Waals surface area (Å²) in [6.07, 6.45) is 2.58. The van der Waals surface area contributed by atoms with E-state index >= 15 is 0 Å². The van der Waals surface area contributed by atoms with Crippen LogP contribution in [0.2, 0.25) is 0 Å². The minimum atomic E-state index is -1.06. The Morgan fingerprint density at radius 1 is 1.29 bits per heavy atom. The molecule has 0 aliphatic heterocycles. The van der Waals surface area contributed by atoms with Gasteiger partial charge >= 0.3 is 0 Å². The second-order valence-corrected chi connectivity index (χ2v) is 5.45. The van der Waals surface area contributed by atoms with Crippen LogP contribution < -0.4 is 5.73 Å². The van der Waals surface area contributed by atoms with Crippen LogP contribution in [0.4, 0.5) is 4.39 Å². The van der Waals surface area contributed by atoms with Crippen LogP contribution in [0.15, 0.2) is 24.3 Å². The van der Waals surface area contributed by atoms with Crippen LogP contribution in [0.25, 0.3) is 0 Å². The largest absolute Gasteiger partial charge is 0.508 e. The van der Waals surface area contributed by atoms with E-state index in [9.17, 15) is 9.50 Å². The van der Waals surface area contributed by atoms with Gasteiger partial charge in [-0.3, -0.25) is 0 Å². The number of aromatic hydroxyl groups is 1. The molecule has 1 saturated carbocycles. The van der Waals surface area contributed by atoms with E-state index in [2.05, 4.69) is 0 Å². The number of benzene rings is 1. The molecule has 3 heteroatoms. The quantitative estimate of drug-likeness (QED) is 0.830. The molecule has 0 spiro atoms. The second kappa shape index (κ2) is 4.30. The van der Waals surface area contributed by atoms with Gasteiger partial charge in [0, 0.05) is 12.0 Å². The number of rotatable bonds is 2. The summed E-state index contributed by atoms with van der Waals surface area (Å²) in [6.45, 7) is 2.17. The second-order valence-electron chi connectivity index (χ2n) is 5.45. The molecule has 1 aliphatic carbocycles. The van der Waals surface area contributed by atoms with Crippen molar-refractivity contribution in [3.05, 3.63) is 29.8 Å². The van der Waals surface area contributed by atoms with Gasteiger partial charge in [-0.2, -0.15) is 0 Å². The molecule has 0 heterocycles. The monoisotopic (exact) mass is 237 g/mol. The van der Waals surface area contributed by atoms with E-state index in [-0.39, 0.29) is 11.2 Å². The van der Waals surface area contributed by atoms with Crippen LogP contribution in [0.3, 0.4) is 0 Å². The van der Waals surface area contributed by atoms with Crippen LogP contribution in [0, 0.1) is 0 Å². The molecule has 0 bridgehead atoms. The Balaban J connectivity index is 2.27. The first kappa shape index (κ1) is 12.4. The zero-order valence-corrected chi connectivity index (χ0v) is 10.2. The van der Waals surface area contributed by atoms with E-state index in [0.29, 0.717) is 19.4 Å². The Hall–Kier alpha value is -1.09. The van der Waals surface area contributed by atoms with E-state index in [1.165, 1.54) is 0 Å². The maximum absolute atomic E-state index is 13.9. The molecule has 1 aromatic carbocycles. The van der Waals surface area contributed by atoms with Gasteiger partial charge in [0.2, 0.25) is 0 Å². The summed E-state index contributed by atoms with van der Waals surface area (Å²) in [5, 5.41) is 9.54. The molecule has 3 N–H and O–H groups in total. The number of phenols is 1. The third kappa shape index (κ3) is 2.44. The maximum Gasteiger partial charge on any atom is 0.115 e. The molecular weight excluding hydrogens is 217 g/mol. The first-order chi connectivity index (χ1) is 7.97. The van der Waals surface area contributed by atoms with Gasteiger partial charge in [0.05, 0.1) is 0 Å². The molecule has 17 heavy (non-hydrogen) atoms. The molecule has 2 rings (SSSR count). The molecule has 2 nitrogen and oxygen atoms in total. The first-order valence-electron chi connectivity index (χ1n) is 6.16. The third-order valence-corrected chi connectivity index (χ3v) is 4.10. The number of halogens is 1. The third-order valence-electron chi connectivity index (χ3n) is 4.10. The highest BCUT2D eigenvalue weighted by atomic mass is 19.1. The molecule has 0 radical (unpaired) electrons. The lowest BCUT2D eigenvalue weighted by Crippen LogP contribution is -2.42. The first-order valence-corrected chi connectivity index (χ1v) is 6.16. The molecule has 0 saturated heterocycles. The van der Waals surface area contributed by atoms with Gasteiger partial charge in [-0.05, 0) is 50.3 Å². The predicted molar refractivity (Wildman–Crippen MR) is 66.8 cm³/mol. The summed E-state index contributed by atoms with van der Waals surface area (Å²) < 4.78 is 13.9. The van der Waals surface area contributed by atoms with Crippen LogP contribution in [0.1, 0.15) is 38.2 Å². The van der Waals surface area contributed by atoms with Crippen molar-refractivity contribution in [3.63, 3.8) is 0 Å². The minimum Gasteiger partial charge on any atom is -0.508 e. The van der Waals surface area contributed by atoms with Crippen molar-refractivity contribution in [1.82, 2.24) is 0 Å². The Bertz CT molecular complexity index is 393. The molecule has 1 fully saturated rings. The van der Waals surface area contributed by atoms with Crippen LogP contribution >= 0.6 is 0 Å². The highest BCUT2D eigenvalue weighted by molar-refractivity contribution is 5.34. The smallest absolute Gasteiger partial charge is 0.115 e. The molecule has 1 aliphatic rings. The van der Waals surface area contributed by atoms with Gasteiger partial charge in [-0.1, -0.05) is 12.1 Å². The zero-order chi connectivity index (χ0) is 12.5. The van der Waals surface area contributed by atoms with E-state index in [4.69, 9.17) is 5.73 Å². The van der Waals surface area contributed by atoms with Crippen molar-refractivity contribution in [2.75, 3.05) is 6.54 Å². The van der Waals surface area contributed by atoms with Gasteiger partial charge in [-0.15, -0.1) is 0 Å². The topological polar surface area (TPSA) is 46.2 Å². The van der Waals surface area contributed by atoms with Gasteiger partial charge in [-0.25, -0.2) is 4.39 Å². The van der Waals surface area contributed by atoms with Crippen molar-refractivity contribution < 1.29 is 9.50 Å². The number of hydrogen-bond acceptors (Lipinski definition) is 2. The fourth-order valence-electron chi connectivity index (χ4n) is 2.70. The summed E-state index contributed by atoms with van der Waals surface area (Å²) in [7, 11) is 0. The fraction of sp³-hybridized carbons (Fsp3) is 0.571. The SMILES string of the molecule is CC1(F)CCC(CN)(c2cccc(O)c2)CC1. The summed E-state index contributed by atoms with van der Waals surface area (Å²) in [5.74, 6) is 0.254. The zero-order valence-electron chi connectivity index (χ0n) is 10.2. The van der Waals surface area contributed by atoms with E-state index in [1.54, 1.807) is 19.1 Å². The molecule has 0 unspecified atom stereocenters. The minimum absolute atomic E-state index is 0.162. The molecule has 0 atom stereocenters. The van der Waals surface area contributed by atoms with E-state index in [1.807, 2.05) is 12.1 Å². The van der Waals surface area contributed by atoms with Gasteiger partial charge < -0.3 is 10.8 Å². The number of phenolic OH excluding ortho intramolecular Hbond substituents is 1. The highest BCUT2D eigenvalue weighted by Crippen LogP contribution is 2.44. The predicted octanol–water partition coefficient (Wildman–Crippen LogP) is 2.89. The summed E-state index contributed by atoms with van der Waals surface area (Å²) in [4.78, 5) is 0. The number of alkyl halides is 1. The standard InChI is InChI=1S/C14H20FNO/c1-13(15)5-7-14(10-16,8-6-13)11-3-2-4-12(17)9-11/h2-4,9,17H,5-8,10,16H2,1H3. The van der Waals surface area contributed by atoms with Gasteiger partial charge in [0.1, 0.15) is 11.4 Å². The van der Waals surface area contributed by atoms with E-state index in [0.717, 1.165) is 18.4 Å². The lowest BCUT2D eigenvalue weighted by molar-refractivity contribution is 0.0904. The molecule has 94 valence electrons.